The molecule has 0 radical (unpaired) electrons. The minimum Gasteiger partial charge on any atom is -0.482 e. The lowest BCUT2D eigenvalue weighted by atomic mass is 10.1. The van der Waals surface area contributed by atoms with Crippen LogP contribution in [0, 0.1) is 6.92 Å². The molecule has 2 aliphatic heterocycles. The van der Waals surface area contributed by atoms with E-state index in [2.05, 4.69) is 29.2 Å². The van der Waals surface area contributed by atoms with Crippen LogP contribution in [0.3, 0.4) is 0 Å². The first kappa shape index (κ1) is 23.8. The van der Waals surface area contributed by atoms with E-state index in [9.17, 15) is 9.59 Å². The fourth-order valence-electron chi connectivity index (χ4n) is 4.69. The van der Waals surface area contributed by atoms with Gasteiger partial charge in [0.2, 0.25) is 0 Å². The smallest absolute Gasteiger partial charge is 0.265 e. The van der Waals surface area contributed by atoms with Crippen LogP contribution in [-0.4, -0.2) is 60.9 Å². The van der Waals surface area contributed by atoms with E-state index >= 15 is 0 Å². The molecule has 0 aliphatic carbocycles. The zero-order chi connectivity index (χ0) is 24.9. The number of amides is 2. The van der Waals surface area contributed by atoms with Crippen molar-refractivity contribution >= 4 is 23.6 Å². The van der Waals surface area contributed by atoms with Gasteiger partial charge in [-0.3, -0.25) is 14.5 Å². The Bertz CT molecular complexity index is 1260. The van der Waals surface area contributed by atoms with Crippen LogP contribution < -0.4 is 9.64 Å². The third kappa shape index (κ3) is 5.50. The van der Waals surface area contributed by atoms with Gasteiger partial charge in [0.15, 0.2) is 6.61 Å². The van der Waals surface area contributed by atoms with Crippen molar-refractivity contribution in [2.45, 2.75) is 13.5 Å². The number of ether oxygens (including phenoxy) is 1. The second-order valence-corrected chi connectivity index (χ2v) is 9.35. The molecule has 184 valence electrons. The van der Waals surface area contributed by atoms with Gasteiger partial charge in [0.1, 0.15) is 5.75 Å². The maximum absolute atomic E-state index is 13.2. The molecule has 3 aromatic carbocycles. The topological polar surface area (TPSA) is 53.1 Å². The van der Waals surface area contributed by atoms with E-state index in [4.69, 9.17) is 4.74 Å². The standard InChI is InChI=1S/C30H31N3O3/c1-23-12-13-27-28(19-23)36-22-29(34)33(27)21-25-9-5-11-26(20-25)30(35)32-17-15-31(16-18-32)14-6-10-24-7-3-2-4-8-24/h2-13,19-20H,14-18,21-22H2,1H3. The third-order valence-electron chi connectivity index (χ3n) is 6.71. The van der Waals surface area contributed by atoms with Gasteiger partial charge >= 0.3 is 0 Å². The number of aryl methyl sites for hydroxylation is 1. The molecule has 0 spiro atoms. The minimum atomic E-state index is -0.0829. The summed E-state index contributed by atoms with van der Waals surface area (Å²) in [6.45, 7) is 6.42. The first-order valence-corrected chi connectivity index (χ1v) is 12.4. The average molecular weight is 482 g/mol. The Balaban J connectivity index is 1.19. The molecule has 0 N–H and O–H groups in total. The van der Waals surface area contributed by atoms with Crippen molar-refractivity contribution in [3.8, 4) is 5.75 Å². The average Bonchev–Trinajstić information content (AvgIpc) is 2.91. The van der Waals surface area contributed by atoms with Crippen LogP contribution in [0.5, 0.6) is 5.75 Å². The summed E-state index contributed by atoms with van der Waals surface area (Å²) in [5.74, 6) is 0.680. The van der Waals surface area contributed by atoms with Gasteiger partial charge in [-0.1, -0.05) is 60.7 Å². The summed E-state index contributed by atoms with van der Waals surface area (Å²) in [6, 6.07) is 23.8. The normalized spacial score (nSPS) is 16.2. The molecule has 36 heavy (non-hydrogen) atoms. The predicted molar refractivity (Wildman–Crippen MR) is 142 cm³/mol. The first-order valence-electron chi connectivity index (χ1n) is 12.4. The van der Waals surface area contributed by atoms with Gasteiger partial charge in [-0.15, -0.1) is 0 Å². The maximum Gasteiger partial charge on any atom is 0.265 e. The van der Waals surface area contributed by atoms with Crippen molar-refractivity contribution < 1.29 is 14.3 Å². The molecule has 0 aromatic heterocycles. The second-order valence-electron chi connectivity index (χ2n) is 9.35. The molecule has 0 atom stereocenters. The van der Waals surface area contributed by atoms with Crippen LogP contribution >= 0.6 is 0 Å². The number of hydrogen-bond acceptors (Lipinski definition) is 4. The van der Waals surface area contributed by atoms with Gasteiger partial charge < -0.3 is 14.5 Å². The van der Waals surface area contributed by atoms with Crippen molar-refractivity contribution in [2.75, 3.05) is 44.2 Å². The summed E-state index contributed by atoms with van der Waals surface area (Å²) in [4.78, 5) is 31.9. The molecule has 1 fully saturated rings. The lowest BCUT2D eigenvalue weighted by Crippen LogP contribution is -2.48. The Hall–Kier alpha value is -3.90. The summed E-state index contributed by atoms with van der Waals surface area (Å²) < 4.78 is 5.62. The Labute approximate surface area is 212 Å². The largest absolute Gasteiger partial charge is 0.482 e. The van der Waals surface area contributed by atoms with Crippen LogP contribution in [0.4, 0.5) is 5.69 Å². The number of piperazine rings is 1. The highest BCUT2D eigenvalue weighted by atomic mass is 16.5. The Morgan fingerprint density at radius 2 is 1.75 bits per heavy atom. The van der Waals surface area contributed by atoms with Crippen LogP contribution in [0.1, 0.15) is 27.0 Å². The summed E-state index contributed by atoms with van der Waals surface area (Å²) in [7, 11) is 0. The number of carbonyl (C=O) groups excluding carboxylic acids is 2. The fraction of sp³-hybridized carbons (Fsp3) is 0.267. The highest BCUT2D eigenvalue weighted by molar-refractivity contribution is 5.98. The van der Waals surface area contributed by atoms with Crippen LogP contribution in [0.25, 0.3) is 6.08 Å². The Morgan fingerprint density at radius 1 is 0.944 bits per heavy atom. The number of benzene rings is 3. The van der Waals surface area contributed by atoms with Crippen molar-refractivity contribution in [1.29, 1.82) is 0 Å². The number of hydrogen-bond donors (Lipinski definition) is 0. The van der Waals surface area contributed by atoms with E-state index in [-0.39, 0.29) is 18.4 Å². The lowest BCUT2D eigenvalue weighted by Gasteiger charge is -2.34. The maximum atomic E-state index is 13.2. The number of anilines is 1. The van der Waals surface area contributed by atoms with Crippen molar-refractivity contribution in [3.63, 3.8) is 0 Å². The van der Waals surface area contributed by atoms with E-state index in [1.54, 1.807) is 4.90 Å². The first-order chi connectivity index (χ1) is 17.6. The van der Waals surface area contributed by atoms with Crippen molar-refractivity contribution in [2.24, 2.45) is 0 Å². The summed E-state index contributed by atoms with van der Waals surface area (Å²) in [5.41, 5.74) is 4.64. The van der Waals surface area contributed by atoms with Gasteiger partial charge in [0.25, 0.3) is 11.8 Å². The van der Waals surface area contributed by atoms with Crippen LogP contribution in [0.15, 0.2) is 78.9 Å². The summed E-state index contributed by atoms with van der Waals surface area (Å²) >= 11 is 0. The van der Waals surface area contributed by atoms with E-state index in [0.29, 0.717) is 25.2 Å². The molecule has 5 rings (SSSR count). The molecule has 2 aliphatic rings. The number of nitrogens with zero attached hydrogens (tertiary/aromatic N) is 3. The zero-order valence-corrected chi connectivity index (χ0v) is 20.6. The molecule has 0 saturated carbocycles. The number of rotatable bonds is 6. The Kier molecular flexibility index (Phi) is 7.14. The van der Waals surface area contributed by atoms with Crippen LogP contribution in [0.2, 0.25) is 0 Å². The SMILES string of the molecule is Cc1ccc2c(c1)OCC(=O)N2Cc1cccc(C(=O)N2CCN(CC=Cc3ccccc3)CC2)c1. The van der Waals surface area contributed by atoms with Gasteiger partial charge in [0, 0.05) is 38.3 Å². The lowest BCUT2D eigenvalue weighted by molar-refractivity contribution is -0.121. The van der Waals surface area contributed by atoms with E-state index in [0.717, 1.165) is 42.2 Å². The molecule has 6 nitrogen and oxygen atoms in total. The fourth-order valence-corrected chi connectivity index (χ4v) is 4.69. The van der Waals surface area contributed by atoms with Gasteiger partial charge in [0.05, 0.1) is 12.2 Å². The van der Waals surface area contributed by atoms with Gasteiger partial charge in [-0.2, -0.15) is 0 Å². The molecule has 2 heterocycles. The van der Waals surface area contributed by atoms with Crippen molar-refractivity contribution in [3.05, 3.63) is 101 Å². The highest BCUT2D eigenvalue weighted by Gasteiger charge is 2.26. The van der Waals surface area contributed by atoms with Gasteiger partial charge in [-0.05, 0) is 47.9 Å². The van der Waals surface area contributed by atoms with E-state index in [1.165, 1.54) is 5.56 Å². The molecule has 0 bridgehead atoms. The highest BCUT2D eigenvalue weighted by Crippen LogP contribution is 2.34. The molecule has 3 aromatic rings. The predicted octanol–water partition coefficient (Wildman–Crippen LogP) is 4.39. The molecule has 0 unspecified atom stereocenters. The van der Waals surface area contributed by atoms with E-state index in [1.807, 2.05) is 72.5 Å². The second kappa shape index (κ2) is 10.8. The minimum absolute atomic E-state index is 0.0277. The van der Waals surface area contributed by atoms with E-state index < -0.39 is 0 Å². The van der Waals surface area contributed by atoms with Crippen LogP contribution in [-0.2, 0) is 11.3 Å². The number of carbonyl (C=O) groups is 2. The number of fused-ring (bicyclic) bond motifs is 1. The quantitative estimate of drug-likeness (QED) is 0.524. The summed E-state index contributed by atoms with van der Waals surface area (Å²) in [6.07, 6.45) is 4.32. The third-order valence-corrected chi connectivity index (χ3v) is 6.71. The molecule has 2 amide bonds. The molecule has 6 heteroatoms. The summed E-state index contributed by atoms with van der Waals surface area (Å²) in [5, 5.41) is 0. The van der Waals surface area contributed by atoms with Crippen molar-refractivity contribution in [1.82, 2.24) is 9.80 Å². The Morgan fingerprint density at radius 3 is 2.56 bits per heavy atom. The van der Waals surface area contributed by atoms with Gasteiger partial charge in [-0.25, -0.2) is 0 Å². The molecular formula is C30H31N3O3. The zero-order valence-electron chi connectivity index (χ0n) is 20.6. The monoisotopic (exact) mass is 481 g/mol. The molecular weight excluding hydrogens is 450 g/mol. The molecule has 1 saturated heterocycles.